The fourth-order valence-corrected chi connectivity index (χ4v) is 6.98. The van der Waals surface area contributed by atoms with Crippen LogP contribution in [-0.2, 0) is 52.7 Å². The second-order valence-corrected chi connectivity index (χ2v) is 18.5. The molecule has 24 N–H and O–H groups in total. The number of hydrogen-bond acceptors (Lipinski definition) is 17. The summed E-state index contributed by atoms with van der Waals surface area (Å²) in [5.41, 5.74) is 38.0. The highest BCUT2D eigenvalue weighted by molar-refractivity contribution is 7.80. The number of amides is 10. The van der Waals surface area contributed by atoms with Crippen LogP contribution in [0.1, 0.15) is 85.5 Å². The van der Waals surface area contributed by atoms with Crippen molar-refractivity contribution in [2.45, 2.75) is 140 Å². The van der Waals surface area contributed by atoms with Crippen LogP contribution in [0.3, 0.4) is 0 Å². The van der Waals surface area contributed by atoms with Gasteiger partial charge in [-0.3, -0.25) is 57.9 Å². The van der Waals surface area contributed by atoms with Gasteiger partial charge in [0.2, 0.25) is 59.1 Å². The lowest BCUT2D eigenvalue weighted by atomic mass is 9.99. The third-order valence-electron chi connectivity index (χ3n) is 10.3. The SMILES string of the molecule is CC(C)C[C@H](NC(=O)[C@H](CCC(N)=O)NC(=O)[C@H](CC(C)C)NC(=O)[C@H](CCCN=C(N)N)NC(=O)[C@H](CO)NC(=O)[C@H](CC(N)=O)NC(=O)[C@@H](N)CS)C(=O)N[C@@H](CCCN=C(N)N)C(=O)N[C@@H](CS)C(=O)O. The molecular weight excluding hydrogens is 1010 g/mol. The van der Waals surface area contributed by atoms with E-state index in [4.69, 9.17) is 40.1 Å². The summed E-state index contributed by atoms with van der Waals surface area (Å²) in [5.74, 6) is -12.6. The Morgan fingerprint density at radius 1 is 0.459 bits per heavy atom. The molecule has 0 bridgehead atoms. The van der Waals surface area contributed by atoms with Gasteiger partial charge in [0, 0.05) is 31.0 Å². The van der Waals surface area contributed by atoms with Crippen LogP contribution in [0.4, 0.5) is 0 Å². The monoisotopic (exact) mass is 1090 g/mol. The van der Waals surface area contributed by atoms with E-state index in [1.54, 1.807) is 27.7 Å². The van der Waals surface area contributed by atoms with Crippen molar-refractivity contribution in [1.29, 1.82) is 0 Å². The van der Waals surface area contributed by atoms with Gasteiger partial charge in [-0.25, -0.2) is 4.79 Å². The van der Waals surface area contributed by atoms with Gasteiger partial charge in [-0.15, -0.1) is 0 Å². The Bertz CT molecular complexity index is 1990. The van der Waals surface area contributed by atoms with Gasteiger partial charge in [0.25, 0.3) is 0 Å². The molecule has 10 amide bonds. The third-order valence-corrected chi connectivity index (χ3v) is 11.1. The van der Waals surface area contributed by atoms with Gasteiger partial charge in [0.05, 0.1) is 19.1 Å². The number of rotatable bonds is 37. The molecule has 0 saturated carbocycles. The van der Waals surface area contributed by atoms with Gasteiger partial charge < -0.3 is 92.9 Å². The van der Waals surface area contributed by atoms with Crippen LogP contribution >= 0.6 is 25.3 Å². The predicted molar refractivity (Wildman–Crippen MR) is 277 cm³/mol. The normalized spacial score (nSPS) is 14.6. The van der Waals surface area contributed by atoms with Crippen LogP contribution in [0.2, 0.25) is 0 Å². The lowest BCUT2D eigenvalue weighted by Gasteiger charge is -2.28. The van der Waals surface area contributed by atoms with Gasteiger partial charge in [0.15, 0.2) is 11.9 Å². The molecule has 0 aliphatic rings. The minimum Gasteiger partial charge on any atom is -0.480 e. The highest BCUT2D eigenvalue weighted by Crippen LogP contribution is 2.12. The molecular formula is C42H77N17O13S2. The van der Waals surface area contributed by atoms with E-state index in [2.05, 4.69) is 77.8 Å². The molecule has 0 rings (SSSR count). The van der Waals surface area contributed by atoms with Crippen LogP contribution in [-0.4, -0.2) is 173 Å². The summed E-state index contributed by atoms with van der Waals surface area (Å²) < 4.78 is 0. The fraction of sp³-hybridized carbons (Fsp3) is 0.690. The number of carbonyl (C=O) groups is 11. The Labute approximate surface area is 439 Å². The van der Waals surface area contributed by atoms with E-state index in [-0.39, 0.29) is 86.9 Å². The van der Waals surface area contributed by atoms with Gasteiger partial charge in [-0.2, -0.15) is 25.3 Å². The van der Waals surface area contributed by atoms with Gasteiger partial charge in [-0.05, 0) is 56.8 Å². The summed E-state index contributed by atoms with van der Waals surface area (Å²) >= 11 is 7.89. The number of nitrogens with zero attached hydrogens (tertiary/aromatic N) is 2. The number of hydrogen-bond donors (Lipinski definition) is 19. The molecule has 0 aliphatic carbocycles. The summed E-state index contributed by atoms with van der Waals surface area (Å²) in [5, 5.41) is 38.9. The summed E-state index contributed by atoms with van der Waals surface area (Å²) in [4.78, 5) is 152. The average Bonchev–Trinajstić information content (AvgIpc) is 3.30. The lowest BCUT2D eigenvalue weighted by Crippen LogP contribution is -2.61. The molecule has 32 heteroatoms. The van der Waals surface area contributed by atoms with E-state index in [0.29, 0.717) is 0 Å². The number of carboxylic acids is 1. The third kappa shape index (κ3) is 28.0. The van der Waals surface area contributed by atoms with Crippen molar-refractivity contribution in [3.05, 3.63) is 0 Å². The van der Waals surface area contributed by atoms with Crippen molar-refractivity contribution in [2.24, 2.45) is 62.0 Å². The van der Waals surface area contributed by atoms with Crippen molar-refractivity contribution in [3.8, 4) is 0 Å². The molecule has 9 atom stereocenters. The van der Waals surface area contributed by atoms with Gasteiger partial charge >= 0.3 is 5.97 Å². The summed E-state index contributed by atoms with van der Waals surface area (Å²) in [6, 6.07) is -13.3. The number of aliphatic carboxylic acids is 1. The Morgan fingerprint density at radius 2 is 0.797 bits per heavy atom. The number of thiol groups is 2. The highest BCUT2D eigenvalue weighted by atomic mass is 32.1. The predicted octanol–water partition coefficient (Wildman–Crippen LogP) is -7.53. The van der Waals surface area contributed by atoms with Crippen molar-refractivity contribution >= 4 is 102 Å². The maximum atomic E-state index is 14.1. The molecule has 0 aliphatic heterocycles. The number of nitrogens with one attached hydrogen (secondary N) is 8. The Kier molecular flexibility index (Phi) is 32.3. The fourth-order valence-electron chi connectivity index (χ4n) is 6.56. The van der Waals surface area contributed by atoms with Crippen LogP contribution in [0, 0.1) is 11.8 Å². The maximum absolute atomic E-state index is 14.1. The smallest absolute Gasteiger partial charge is 0.327 e. The number of aliphatic hydroxyl groups is 1. The minimum atomic E-state index is -1.79. The summed E-state index contributed by atoms with van der Waals surface area (Å²) in [7, 11) is 0. The molecule has 74 heavy (non-hydrogen) atoms. The standard InChI is InChI=1S/C42H77N17O13S2/c1-19(2)13-25(36(67)52-23(8-6-12-51-42(48)49)34(65)59-29(18-74)40(71)72)57-35(66)24(9-10-30(44)61)54-37(68)26(14-20(3)4)56-33(64)22(7-5-11-50-41(46)47)53-39(70)28(16-60)58-38(69)27(15-31(45)62)55-32(63)21(43)17-73/h19-29,60,73-74H,5-18,43H2,1-4H3,(H2,44,61)(H2,45,62)(H,52,67)(H,53,70)(H,54,68)(H,55,63)(H,56,64)(H,57,66)(H,58,69)(H,59,65)(H,71,72)(H4,46,47,50)(H4,48,49,51)/t21-,22-,23-,24-,25-,26-,27-,28-,29-/m0/s1. The molecule has 0 spiro atoms. The maximum Gasteiger partial charge on any atom is 0.327 e. The number of carboxylic acid groups (broad SMARTS) is 1. The number of aliphatic hydroxyl groups excluding tert-OH is 1. The van der Waals surface area contributed by atoms with Crippen LogP contribution < -0.4 is 82.7 Å². The van der Waals surface area contributed by atoms with E-state index >= 15 is 0 Å². The number of primary amides is 2. The van der Waals surface area contributed by atoms with Gasteiger partial charge in [-0.1, -0.05) is 27.7 Å². The molecule has 420 valence electrons. The van der Waals surface area contributed by atoms with Crippen molar-refractivity contribution in [3.63, 3.8) is 0 Å². The molecule has 0 unspecified atom stereocenters. The lowest BCUT2D eigenvalue weighted by molar-refractivity contribution is -0.141. The first kappa shape index (κ1) is 67.3. The second kappa shape index (κ2) is 35.5. The van der Waals surface area contributed by atoms with Crippen LogP contribution in [0.15, 0.2) is 9.98 Å². The zero-order valence-electron chi connectivity index (χ0n) is 42.0. The average molecular weight is 1090 g/mol. The quantitative estimate of drug-likeness (QED) is 0.0119. The molecule has 0 aromatic rings. The van der Waals surface area contributed by atoms with Crippen LogP contribution in [0.5, 0.6) is 0 Å². The molecule has 0 heterocycles. The first-order valence-electron chi connectivity index (χ1n) is 23.5. The van der Waals surface area contributed by atoms with E-state index in [1.807, 2.05) is 0 Å². The first-order valence-corrected chi connectivity index (χ1v) is 24.7. The van der Waals surface area contributed by atoms with E-state index in [9.17, 15) is 63.0 Å². The Morgan fingerprint density at radius 3 is 1.14 bits per heavy atom. The Balaban J connectivity index is 6.82. The molecule has 0 fully saturated rings. The van der Waals surface area contributed by atoms with Crippen molar-refractivity contribution in [2.75, 3.05) is 31.2 Å². The summed E-state index contributed by atoms with van der Waals surface area (Å²) in [6.07, 6.45) is -1.76. The topological polar surface area (TPSA) is 531 Å². The number of nitrogens with two attached hydrogens (primary N) is 7. The highest BCUT2D eigenvalue weighted by Gasteiger charge is 2.35. The molecule has 0 saturated heterocycles. The zero-order chi connectivity index (χ0) is 56.8. The molecule has 0 radical (unpaired) electrons. The first-order chi connectivity index (χ1) is 34.6. The zero-order valence-corrected chi connectivity index (χ0v) is 43.8. The van der Waals surface area contributed by atoms with Crippen molar-refractivity contribution < 1.29 is 63.0 Å². The number of carbonyl (C=O) groups excluding carboxylic acids is 10. The number of guanidine groups is 2. The molecule has 30 nitrogen and oxygen atoms in total. The van der Waals surface area contributed by atoms with Gasteiger partial charge in [0.1, 0.15) is 48.3 Å². The molecule has 0 aromatic carbocycles. The van der Waals surface area contributed by atoms with E-state index in [0.717, 1.165) is 0 Å². The van der Waals surface area contributed by atoms with E-state index < -0.39 is 145 Å². The minimum absolute atomic E-state index is 0.0242. The molecule has 0 aromatic heterocycles. The summed E-state index contributed by atoms with van der Waals surface area (Å²) in [6.45, 7) is 5.81. The largest absolute Gasteiger partial charge is 0.480 e. The van der Waals surface area contributed by atoms with Crippen molar-refractivity contribution in [1.82, 2.24) is 42.5 Å². The second-order valence-electron chi connectivity index (χ2n) is 17.8. The van der Waals surface area contributed by atoms with E-state index in [1.165, 1.54) is 0 Å². The number of aliphatic imine (C=N–C) groups is 2. The van der Waals surface area contributed by atoms with Crippen LogP contribution in [0.25, 0.3) is 0 Å². The Hall–Kier alpha value is -6.67.